The number of nitrogens with one attached hydrogen (secondary N) is 3. The number of alkyl halides is 1. The minimum Gasteiger partial charge on any atom is -0.387 e. The molecule has 0 saturated carbocycles. The van der Waals surface area contributed by atoms with Gasteiger partial charge in [-0.2, -0.15) is 8.62 Å². The molecule has 6 atom stereocenters. The van der Waals surface area contributed by atoms with E-state index in [1.54, 1.807) is 0 Å². The molecule has 2 aromatic heterocycles. The number of amides is 2. The number of nitrogens with zero attached hydrogens (tertiary/aromatic N) is 4. The predicted octanol–water partition coefficient (Wildman–Crippen LogP) is 0.599. The van der Waals surface area contributed by atoms with E-state index in [1.807, 2.05) is 22.6 Å². The second-order valence-electron chi connectivity index (χ2n) is 10.6. The smallest absolute Gasteiger partial charge is 0.387 e. The average Bonchev–Trinajstić information content (AvgIpc) is 3.55. The summed E-state index contributed by atoms with van der Waals surface area (Å²) in [5, 5.41) is 29.9. The van der Waals surface area contributed by atoms with E-state index in [0.29, 0.717) is 48.2 Å². The van der Waals surface area contributed by atoms with Crippen LogP contribution >= 0.6 is 46.1 Å². The second-order valence-corrected chi connectivity index (χ2v) is 15.8. The Bertz CT molecular complexity index is 1550. The van der Waals surface area contributed by atoms with Gasteiger partial charge in [0, 0.05) is 26.1 Å². The molecule has 9 N–H and O–H groups in total. The third-order valence-corrected chi connectivity index (χ3v) is 11.3. The first-order chi connectivity index (χ1) is 23.0. The zero-order valence-electron chi connectivity index (χ0n) is 25.8. The zero-order chi connectivity index (χ0) is 36.2. The fourth-order valence-electron chi connectivity index (χ4n) is 4.55. The zero-order valence-corrected chi connectivity index (χ0v) is 30.7. The Morgan fingerprint density at radius 1 is 0.857 bits per heavy atom. The van der Waals surface area contributed by atoms with E-state index in [-0.39, 0.29) is 17.5 Å². The molecule has 1 aliphatic heterocycles. The number of ether oxygens (including phenoxy) is 1. The van der Waals surface area contributed by atoms with E-state index in [9.17, 15) is 43.3 Å². The molecule has 0 bridgehead atoms. The number of halogens is 1. The number of hydrogen-bond donors (Lipinski definition) is 9. The molecule has 2 amide bonds. The maximum Gasteiger partial charge on any atom is 0.490 e. The maximum atomic E-state index is 12.0. The molecule has 0 spiro atoms. The van der Waals surface area contributed by atoms with E-state index in [1.165, 1.54) is 17.2 Å². The Morgan fingerprint density at radius 3 is 2.18 bits per heavy atom. The van der Waals surface area contributed by atoms with Gasteiger partial charge in [-0.1, -0.05) is 35.4 Å². The molecule has 26 heteroatoms. The Hall–Kier alpha value is -1.69. The van der Waals surface area contributed by atoms with Crippen molar-refractivity contribution in [3.05, 3.63) is 12.7 Å². The number of phosphoric ester groups is 1. The van der Waals surface area contributed by atoms with Crippen LogP contribution in [-0.4, -0.2) is 110 Å². The number of anilines is 1. The van der Waals surface area contributed by atoms with Crippen molar-refractivity contribution in [2.75, 3.05) is 36.0 Å². The van der Waals surface area contributed by atoms with Gasteiger partial charge in [-0.25, -0.2) is 28.6 Å². The minimum atomic E-state index is -5.75. The molecule has 0 aliphatic carbocycles. The molecule has 49 heavy (non-hydrogen) atoms. The number of hydrogen-bond acceptors (Lipinski definition) is 15. The van der Waals surface area contributed by atoms with Crippen LogP contribution in [0.3, 0.4) is 0 Å². The molecule has 1 fully saturated rings. The lowest BCUT2D eigenvalue weighted by Crippen LogP contribution is -2.33. The van der Waals surface area contributed by atoms with Gasteiger partial charge in [-0.3, -0.25) is 18.7 Å². The molecule has 2 unspecified atom stereocenters. The Kier molecular flexibility index (Phi) is 16.4. The van der Waals surface area contributed by atoms with E-state index in [2.05, 4.69) is 44.0 Å². The standard InChI is InChI=1S/C23H39IN7O15P3/c24-11-17(33)26-9-6-3-7-16(32)25-8-4-1-2-5-10-27-21-18-22(29-13-28-21)31(14-30-18)23-20(35)19(34)15(44-23)12-43-48(39,40)46-49(41,42)45-47(36,37)38/h13-15,19-20,23,34-35H,1-12H2,(H,25,32)(H,26,33)(H,39,40)(H,41,42)(H,27,28,29)(H2,36,37,38)/t15-,19-,20-,23-/m1/s1. The second kappa shape index (κ2) is 19.2. The highest BCUT2D eigenvalue weighted by Crippen LogP contribution is 2.66. The van der Waals surface area contributed by atoms with Crippen LogP contribution in [0.2, 0.25) is 0 Å². The van der Waals surface area contributed by atoms with Crippen LogP contribution in [-0.2, 0) is 41.2 Å². The van der Waals surface area contributed by atoms with Crippen LogP contribution in [0.15, 0.2) is 12.7 Å². The van der Waals surface area contributed by atoms with Crippen LogP contribution in [0.25, 0.3) is 11.2 Å². The highest BCUT2D eigenvalue weighted by Gasteiger charge is 2.47. The number of fused-ring (bicyclic) bond motifs is 1. The molecule has 1 aliphatic rings. The van der Waals surface area contributed by atoms with Gasteiger partial charge < -0.3 is 50.5 Å². The van der Waals surface area contributed by atoms with Gasteiger partial charge in [-0.05, 0) is 25.7 Å². The molecule has 2 aromatic rings. The Morgan fingerprint density at radius 2 is 1.51 bits per heavy atom. The van der Waals surface area contributed by atoms with Gasteiger partial charge in [0.15, 0.2) is 23.2 Å². The topological polar surface area (TPSA) is 323 Å². The minimum absolute atomic E-state index is 0.0156. The molecule has 3 rings (SSSR count). The van der Waals surface area contributed by atoms with Gasteiger partial charge in [0.2, 0.25) is 11.8 Å². The fraction of sp³-hybridized carbons (Fsp3) is 0.696. The summed E-state index contributed by atoms with van der Waals surface area (Å²) >= 11 is 1.99. The number of carbonyl (C=O) groups is 2. The lowest BCUT2D eigenvalue weighted by atomic mass is 10.1. The first-order valence-corrected chi connectivity index (χ1v) is 20.9. The van der Waals surface area contributed by atoms with Gasteiger partial charge in [0.05, 0.1) is 17.4 Å². The molecule has 1 saturated heterocycles. The van der Waals surface area contributed by atoms with Gasteiger partial charge in [0.25, 0.3) is 0 Å². The number of aliphatic hydroxyl groups is 2. The van der Waals surface area contributed by atoms with Crippen molar-refractivity contribution >= 4 is 74.9 Å². The summed E-state index contributed by atoms with van der Waals surface area (Å²) in [7, 11) is -16.8. The van der Waals surface area contributed by atoms with Gasteiger partial charge in [0.1, 0.15) is 24.6 Å². The molecule has 0 radical (unpaired) electrons. The summed E-state index contributed by atoms with van der Waals surface area (Å²) < 4.78 is 53.4. The van der Waals surface area contributed by atoms with Gasteiger partial charge >= 0.3 is 23.5 Å². The van der Waals surface area contributed by atoms with E-state index in [4.69, 9.17) is 14.5 Å². The monoisotopic (exact) mass is 873 g/mol. The maximum absolute atomic E-state index is 12.0. The number of rotatable bonds is 22. The molecule has 0 aromatic carbocycles. The number of aromatic nitrogens is 4. The van der Waals surface area contributed by atoms with Crippen molar-refractivity contribution in [2.45, 2.75) is 69.5 Å². The predicted molar refractivity (Wildman–Crippen MR) is 177 cm³/mol. The summed E-state index contributed by atoms with van der Waals surface area (Å²) in [6.45, 7) is 0.709. The van der Waals surface area contributed by atoms with Crippen molar-refractivity contribution in [1.82, 2.24) is 30.2 Å². The van der Waals surface area contributed by atoms with Crippen molar-refractivity contribution in [3.8, 4) is 0 Å². The van der Waals surface area contributed by atoms with Crippen LogP contribution in [0, 0.1) is 0 Å². The summed E-state index contributed by atoms with van der Waals surface area (Å²) in [5.41, 5.74) is 0.531. The van der Waals surface area contributed by atoms with E-state index in [0.717, 1.165) is 32.1 Å². The van der Waals surface area contributed by atoms with Crippen molar-refractivity contribution in [2.24, 2.45) is 0 Å². The number of aliphatic hydroxyl groups excluding tert-OH is 2. The lowest BCUT2D eigenvalue weighted by molar-refractivity contribution is -0.121. The molecular weight excluding hydrogens is 834 g/mol. The van der Waals surface area contributed by atoms with Gasteiger partial charge in [-0.15, -0.1) is 0 Å². The van der Waals surface area contributed by atoms with Crippen molar-refractivity contribution in [3.63, 3.8) is 0 Å². The summed E-state index contributed by atoms with van der Waals surface area (Å²) in [6.07, 6.45) is 1.63. The lowest BCUT2D eigenvalue weighted by Gasteiger charge is -2.19. The van der Waals surface area contributed by atoms with Crippen LogP contribution in [0.1, 0.15) is 51.2 Å². The first kappa shape index (κ1) is 41.7. The highest BCUT2D eigenvalue weighted by atomic mass is 127. The fourth-order valence-corrected chi connectivity index (χ4v) is 7.85. The summed E-state index contributed by atoms with van der Waals surface area (Å²) in [4.78, 5) is 72.0. The van der Waals surface area contributed by atoms with Crippen LogP contribution in [0.4, 0.5) is 5.82 Å². The van der Waals surface area contributed by atoms with E-state index >= 15 is 0 Å². The van der Waals surface area contributed by atoms with Crippen molar-refractivity contribution < 1.29 is 71.0 Å². The molecule has 278 valence electrons. The number of unbranched alkanes of at least 4 members (excludes halogenated alkanes) is 4. The molecule has 22 nitrogen and oxygen atoms in total. The molecular formula is C23H39IN7O15P3. The number of imidazole rings is 1. The van der Waals surface area contributed by atoms with Crippen LogP contribution < -0.4 is 16.0 Å². The third-order valence-electron chi connectivity index (χ3n) is 6.78. The Balaban J connectivity index is 1.41. The number of carbonyl (C=O) groups excluding carboxylic acids is 2. The first-order valence-electron chi connectivity index (χ1n) is 14.8. The number of phosphoric acid groups is 3. The van der Waals surface area contributed by atoms with Crippen molar-refractivity contribution in [1.29, 1.82) is 0 Å². The SMILES string of the molecule is O=C(CI)NCCCCC(=O)NCCCCCCNc1ncnc2c1ncn2[C@@H]1O[C@H](COP(=O)(O)OP(=O)(O)OP(=O)(O)O)[C@@H](O)[C@H]1O. The normalized spacial score (nSPS) is 22.0. The van der Waals surface area contributed by atoms with Crippen LogP contribution in [0.5, 0.6) is 0 Å². The van der Waals surface area contributed by atoms with E-state index < -0.39 is 54.6 Å². The third kappa shape index (κ3) is 14.1. The summed E-state index contributed by atoms with van der Waals surface area (Å²) in [6, 6.07) is 0. The molecule has 3 heterocycles. The highest BCUT2D eigenvalue weighted by molar-refractivity contribution is 14.1. The quantitative estimate of drug-likeness (QED) is 0.0338. The average molecular weight is 873 g/mol. The Labute approximate surface area is 293 Å². The largest absolute Gasteiger partial charge is 0.490 e. The summed E-state index contributed by atoms with van der Waals surface area (Å²) in [5.74, 6) is 0.359.